The molecule has 0 aromatic heterocycles. The van der Waals surface area contributed by atoms with Gasteiger partial charge in [0.05, 0.1) is 16.5 Å². The van der Waals surface area contributed by atoms with Gasteiger partial charge in [0.2, 0.25) is 0 Å². The zero-order valence-corrected chi connectivity index (χ0v) is 16.7. The minimum Gasteiger partial charge on any atom is -0.461 e. The molecule has 5 nitrogen and oxygen atoms in total. The SMILES string of the molecule is CC1=CC(=O)C2=C(C)C[C@H](OC(=O)c3ccccc3Cl)[C@@H]3[C@H](OC(=O)[C@H]3C)[C@@H]12. The van der Waals surface area contributed by atoms with Crippen molar-refractivity contribution >= 4 is 29.3 Å². The van der Waals surface area contributed by atoms with Crippen molar-refractivity contribution in [1.82, 2.24) is 0 Å². The van der Waals surface area contributed by atoms with Crippen molar-refractivity contribution in [2.75, 3.05) is 0 Å². The number of rotatable bonds is 2. The van der Waals surface area contributed by atoms with E-state index < -0.39 is 24.1 Å². The lowest BCUT2D eigenvalue weighted by atomic mass is 9.79. The highest BCUT2D eigenvalue weighted by Gasteiger charge is 2.55. The van der Waals surface area contributed by atoms with Crippen LogP contribution in [0, 0.1) is 17.8 Å². The third kappa shape index (κ3) is 2.89. The van der Waals surface area contributed by atoms with E-state index >= 15 is 0 Å². The fourth-order valence-electron chi connectivity index (χ4n) is 4.74. The highest BCUT2D eigenvalue weighted by atomic mass is 35.5. The van der Waals surface area contributed by atoms with Crippen LogP contribution in [-0.2, 0) is 19.1 Å². The first-order chi connectivity index (χ1) is 13.3. The zero-order chi connectivity index (χ0) is 20.2. The van der Waals surface area contributed by atoms with Gasteiger partial charge in [0, 0.05) is 23.8 Å². The van der Waals surface area contributed by atoms with Gasteiger partial charge in [-0.15, -0.1) is 0 Å². The maximum Gasteiger partial charge on any atom is 0.339 e. The van der Waals surface area contributed by atoms with E-state index in [-0.39, 0.29) is 29.2 Å². The van der Waals surface area contributed by atoms with Gasteiger partial charge in [-0.1, -0.05) is 41.8 Å². The molecule has 0 unspecified atom stereocenters. The van der Waals surface area contributed by atoms with Crippen molar-refractivity contribution in [3.63, 3.8) is 0 Å². The van der Waals surface area contributed by atoms with Crippen LogP contribution in [0.15, 0.2) is 47.1 Å². The van der Waals surface area contributed by atoms with Crippen LogP contribution in [0.3, 0.4) is 0 Å². The van der Waals surface area contributed by atoms with Crippen LogP contribution in [0.4, 0.5) is 0 Å². The van der Waals surface area contributed by atoms with Crippen LogP contribution in [0.1, 0.15) is 37.6 Å². The second kappa shape index (κ2) is 6.89. The van der Waals surface area contributed by atoms with Gasteiger partial charge in [0.1, 0.15) is 12.2 Å². The molecule has 2 aliphatic carbocycles. The number of hydrogen-bond acceptors (Lipinski definition) is 5. The third-order valence-electron chi connectivity index (χ3n) is 6.08. The average molecular weight is 401 g/mol. The summed E-state index contributed by atoms with van der Waals surface area (Å²) >= 11 is 6.14. The van der Waals surface area contributed by atoms with E-state index in [1.807, 2.05) is 13.8 Å². The van der Waals surface area contributed by atoms with Crippen molar-refractivity contribution in [2.45, 2.75) is 39.4 Å². The second-order valence-corrected chi connectivity index (χ2v) is 8.23. The Kier molecular flexibility index (Phi) is 4.66. The normalized spacial score (nSPS) is 31.7. The molecule has 4 rings (SSSR count). The van der Waals surface area contributed by atoms with Gasteiger partial charge in [-0.3, -0.25) is 9.59 Å². The summed E-state index contributed by atoms with van der Waals surface area (Å²) in [5, 5.41) is 0.311. The van der Waals surface area contributed by atoms with Gasteiger partial charge < -0.3 is 9.47 Å². The number of ether oxygens (including phenoxy) is 2. The fourth-order valence-corrected chi connectivity index (χ4v) is 4.95. The van der Waals surface area contributed by atoms with Crippen molar-refractivity contribution in [3.05, 3.63) is 57.6 Å². The van der Waals surface area contributed by atoms with E-state index in [9.17, 15) is 14.4 Å². The number of esters is 2. The Balaban J connectivity index is 1.72. The topological polar surface area (TPSA) is 69.7 Å². The zero-order valence-electron chi connectivity index (χ0n) is 15.9. The van der Waals surface area contributed by atoms with Gasteiger partial charge in [-0.25, -0.2) is 4.79 Å². The van der Waals surface area contributed by atoms with Crippen LogP contribution < -0.4 is 0 Å². The molecule has 1 aliphatic heterocycles. The summed E-state index contributed by atoms with van der Waals surface area (Å²) in [6, 6.07) is 6.69. The summed E-state index contributed by atoms with van der Waals surface area (Å²) in [7, 11) is 0. The maximum absolute atomic E-state index is 12.8. The largest absolute Gasteiger partial charge is 0.461 e. The van der Waals surface area contributed by atoms with E-state index in [0.717, 1.165) is 11.1 Å². The first kappa shape index (κ1) is 18.9. The fraction of sp³-hybridized carbons (Fsp3) is 0.409. The Morgan fingerprint density at radius 1 is 1.21 bits per heavy atom. The number of halogens is 1. The lowest BCUT2D eigenvalue weighted by Crippen LogP contribution is -2.38. The Bertz CT molecular complexity index is 944. The Morgan fingerprint density at radius 2 is 1.93 bits per heavy atom. The summed E-state index contributed by atoms with van der Waals surface area (Å²) in [5.74, 6) is -1.93. The number of allylic oxidation sites excluding steroid dienone is 1. The standard InChI is InChI=1S/C22H21ClO5/c1-10-8-15(24)17-11(2)9-16(19-12(3)21(25)28-20(19)18(10)17)27-22(26)13-6-4-5-7-14(13)23/h4-8,12,16,18-20H,9H2,1-3H3/t12-,16-,18-,19+,20+/m0/s1. The van der Waals surface area contributed by atoms with Gasteiger partial charge in [-0.05, 0) is 32.1 Å². The molecule has 1 heterocycles. The highest BCUT2D eigenvalue weighted by Crippen LogP contribution is 2.48. The molecular formula is C22H21ClO5. The third-order valence-corrected chi connectivity index (χ3v) is 6.41. The summed E-state index contributed by atoms with van der Waals surface area (Å²) in [4.78, 5) is 37.7. The minimum atomic E-state index is -0.575. The van der Waals surface area contributed by atoms with Gasteiger partial charge in [0.25, 0.3) is 0 Å². The maximum atomic E-state index is 12.8. The number of carbonyl (C=O) groups excluding carboxylic acids is 3. The first-order valence-corrected chi connectivity index (χ1v) is 9.75. The molecule has 0 saturated carbocycles. The molecule has 0 radical (unpaired) electrons. The predicted octanol–water partition coefficient (Wildman–Crippen LogP) is 3.91. The van der Waals surface area contributed by atoms with Crippen LogP contribution in [0.5, 0.6) is 0 Å². The molecule has 0 N–H and O–H groups in total. The molecule has 1 aromatic carbocycles. The molecule has 3 aliphatic rings. The van der Waals surface area contributed by atoms with E-state index in [1.165, 1.54) is 0 Å². The monoisotopic (exact) mass is 400 g/mol. The summed E-state index contributed by atoms with van der Waals surface area (Å²) in [6.07, 6.45) is 0.917. The number of benzene rings is 1. The molecule has 0 bridgehead atoms. The van der Waals surface area contributed by atoms with E-state index in [0.29, 0.717) is 17.0 Å². The molecule has 28 heavy (non-hydrogen) atoms. The Hall–Kier alpha value is -2.40. The van der Waals surface area contributed by atoms with Gasteiger partial charge in [-0.2, -0.15) is 0 Å². The van der Waals surface area contributed by atoms with Gasteiger partial charge >= 0.3 is 11.9 Å². The molecule has 0 spiro atoms. The summed E-state index contributed by atoms with van der Waals surface area (Å²) < 4.78 is 11.6. The minimum absolute atomic E-state index is 0.0487. The molecule has 5 atom stereocenters. The Labute approximate surface area is 168 Å². The van der Waals surface area contributed by atoms with Crippen molar-refractivity contribution in [3.8, 4) is 0 Å². The summed E-state index contributed by atoms with van der Waals surface area (Å²) in [5.41, 5.74) is 2.71. The molecule has 1 aromatic rings. The molecule has 0 amide bonds. The van der Waals surface area contributed by atoms with Crippen molar-refractivity contribution in [2.24, 2.45) is 17.8 Å². The smallest absolute Gasteiger partial charge is 0.339 e. The van der Waals surface area contributed by atoms with Crippen LogP contribution in [-0.4, -0.2) is 29.9 Å². The van der Waals surface area contributed by atoms with E-state index in [2.05, 4.69) is 0 Å². The molecule has 1 saturated heterocycles. The molecule has 1 fully saturated rings. The van der Waals surface area contributed by atoms with Crippen LogP contribution in [0.2, 0.25) is 5.02 Å². The molecule has 6 heteroatoms. The number of hydrogen-bond donors (Lipinski definition) is 0. The number of carbonyl (C=O) groups is 3. The lowest BCUT2D eigenvalue weighted by Gasteiger charge is -2.29. The number of fused-ring (bicyclic) bond motifs is 3. The second-order valence-electron chi connectivity index (χ2n) is 7.82. The first-order valence-electron chi connectivity index (χ1n) is 9.37. The van der Waals surface area contributed by atoms with E-state index in [1.54, 1.807) is 37.3 Å². The van der Waals surface area contributed by atoms with Crippen molar-refractivity contribution in [1.29, 1.82) is 0 Å². The van der Waals surface area contributed by atoms with Gasteiger partial charge in [0.15, 0.2) is 5.78 Å². The number of ketones is 1. The van der Waals surface area contributed by atoms with Crippen LogP contribution in [0.25, 0.3) is 0 Å². The van der Waals surface area contributed by atoms with Crippen LogP contribution >= 0.6 is 11.6 Å². The molecule has 146 valence electrons. The summed E-state index contributed by atoms with van der Waals surface area (Å²) in [6.45, 7) is 5.56. The average Bonchev–Trinajstić information content (AvgIpc) is 3.05. The quantitative estimate of drug-likeness (QED) is 0.704. The lowest BCUT2D eigenvalue weighted by molar-refractivity contribution is -0.144. The van der Waals surface area contributed by atoms with E-state index in [4.69, 9.17) is 21.1 Å². The highest BCUT2D eigenvalue weighted by molar-refractivity contribution is 6.33. The van der Waals surface area contributed by atoms with Crippen molar-refractivity contribution < 1.29 is 23.9 Å². The Morgan fingerprint density at radius 3 is 2.64 bits per heavy atom. The molecular weight excluding hydrogens is 380 g/mol. The predicted molar refractivity (Wildman–Crippen MR) is 103 cm³/mol.